The van der Waals surface area contributed by atoms with Gasteiger partial charge in [0.2, 0.25) is 0 Å². The number of imidazole rings is 1. The fourth-order valence-electron chi connectivity index (χ4n) is 4.18. The predicted molar refractivity (Wildman–Crippen MR) is 130 cm³/mol. The molecule has 0 amide bonds. The molecule has 0 atom stereocenters. The molecule has 0 radical (unpaired) electrons. The van der Waals surface area contributed by atoms with Crippen LogP contribution in [0.25, 0.3) is 28.5 Å². The van der Waals surface area contributed by atoms with Crippen molar-refractivity contribution in [2.24, 2.45) is 0 Å². The molecule has 1 heterocycles. The Labute approximate surface area is 200 Å². The number of rotatable bonds is 3. The van der Waals surface area contributed by atoms with Gasteiger partial charge in [0.1, 0.15) is 5.82 Å². The van der Waals surface area contributed by atoms with Gasteiger partial charge in [0, 0.05) is 10.6 Å². The van der Waals surface area contributed by atoms with E-state index in [0.717, 1.165) is 29.5 Å². The third kappa shape index (κ3) is 3.73. The molecule has 0 aliphatic heterocycles. The molecule has 5 rings (SSSR count). The van der Waals surface area contributed by atoms with Crippen LogP contribution in [0.4, 0.5) is 0 Å². The summed E-state index contributed by atoms with van der Waals surface area (Å²) in [6, 6.07) is 15.7. The lowest BCUT2D eigenvalue weighted by Gasteiger charge is -2.16. The van der Waals surface area contributed by atoms with Gasteiger partial charge in [-0.3, -0.25) is 9.36 Å². The molecule has 164 valence electrons. The van der Waals surface area contributed by atoms with Crippen LogP contribution in [0.5, 0.6) is 0 Å². The van der Waals surface area contributed by atoms with Gasteiger partial charge >= 0.3 is 5.97 Å². The van der Waals surface area contributed by atoms with Crippen LogP contribution in [-0.4, -0.2) is 28.5 Å². The van der Waals surface area contributed by atoms with Crippen molar-refractivity contribution in [3.8, 4) is 11.4 Å². The number of ether oxygens (including phenoxy) is 1. The minimum absolute atomic E-state index is 0.254. The van der Waals surface area contributed by atoms with E-state index in [-0.39, 0.29) is 10.9 Å². The molecule has 3 aromatic carbocycles. The van der Waals surface area contributed by atoms with Crippen molar-refractivity contribution >= 4 is 52.2 Å². The summed E-state index contributed by atoms with van der Waals surface area (Å²) in [5.74, 6) is -0.304. The zero-order chi connectivity index (χ0) is 23.1. The molecule has 0 N–H and O–H groups in total. The van der Waals surface area contributed by atoms with Crippen LogP contribution < -0.4 is 0 Å². The third-order valence-corrected chi connectivity index (χ3v) is 6.30. The molecule has 0 bridgehead atoms. The Kier molecular flexibility index (Phi) is 5.52. The van der Waals surface area contributed by atoms with Crippen LogP contribution in [0.2, 0.25) is 10.0 Å². The molecule has 0 saturated heterocycles. The molecule has 0 fully saturated rings. The van der Waals surface area contributed by atoms with Crippen molar-refractivity contribution < 1.29 is 14.3 Å². The molecule has 1 aromatic heterocycles. The van der Waals surface area contributed by atoms with Crippen LogP contribution in [-0.2, 0) is 11.2 Å². The molecule has 0 saturated carbocycles. The summed E-state index contributed by atoms with van der Waals surface area (Å²) >= 11 is 12.4. The Bertz CT molecular complexity index is 1470. The summed E-state index contributed by atoms with van der Waals surface area (Å²) in [7, 11) is 1.33. The fraction of sp³-hybridized carbons (Fsp3) is 0.115. The summed E-state index contributed by atoms with van der Waals surface area (Å²) < 4.78 is 6.40. The molecule has 0 unspecified atom stereocenters. The smallest absolute Gasteiger partial charge is 0.337 e. The SMILES string of the molecule is COC(=O)c1ccc2c(c1)nc(-c1cccc3c1CCC=C3)n2C(=O)c1ccc(Cl)cc1Cl. The van der Waals surface area contributed by atoms with Crippen molar-refractivity contribution in [1.29, 1.82) is 0 Å². The minimum Gasteiger partial charge on any atom is -0.465 e. The van der Waals surface area contributed by atoms with Gasteiger partial charge in [-0.2, -0.15) is 0 Å². The molecule has 33 heavy (non-hydrogen) atoms. The third-order valence-electron chi connectivity index (χ3n) is 5.75. The molecule has 5 nitrogen and oxygen atoms in total. The van der Waals surface area contributed by atoms with Crippen LogP contribution in [0, 0.1) is 0 Å². The van der Waals surface area contributed by atoms with E-state index in [1.807, 2.05) is 12.1 Å². The lowest BCUT2D eigenvalue weighted by molar-refractivity contribution is 0.0600. The molecular formula is C26H18Cl2N2O3. The molecule has 0 spiro atoms. The number of fused-ring (bicyclic) bond motifs is 2. The van der Waals surface area contributed by atoms with Gasteiger partial charge in [0.05, 0.1) is 34.3 Å². The summed E-state index contributed by atoms with van der Waals surface area (Å²) in [5, 5.41) is 0.698. The van der Waals surface area contributed by atoms with Gasteiger partial charge in [-0.05, 0) is 60.4 Å². The highest BCUT2D eigenvalue weighted by atomic mass is 35.5. The summed E-state index contributed by atoms with van der Waals surface area (Å²) in [5.41, 5.74) is 4.84. The van der Waals surface area contributed by atoms with Crippen LogP contribution in [0.3, 0.4) is 0 Å². The van der Waals surface area contributed by atoms with Crippen LogP contribution in [0.15, 0.2) is 60.7 Å². The number of halogens is 2. The molecule has 1 aliphatic rings. The minimum atomic E-state index is -0.470. The predicted octanol–water partition coefficient (Wildman–Crippen LogP) is 6.44. The Balaban J connectivity index is 1.79. The molecule has 1 aliphatic carbocycles. The summed E-state index contributed by atoms with van der Waals surface area (Å²) in [6.45, 7) is 0. The normalized spacial score (nSPS) is 12.6. The van der Waals surface area contributed by atoms with Crippen molar-refractivity contribution in [3.05, 3.63) is 93.0 Å². The number of aromatic nitrogens is 2. The second kappa shape index (κ2) is 8.50. The number of benzene rings is 3. The number of esters is 1. The second-order valence-electron chi connectivity index (χ2n) is 7.71. The number of hydrogen-bond donors (Lipinski definition) is 0. The first-order chi connectivity index (χ1) is 16.0. The van der Waals surface area contributed by atoms with E-state index in [0.29, 0.717) is 33.0 Å². The van der Waals surface area contributed by atoms with Crippen molar-refractivity contribution in [1.82, 2.24) is 9.55 Å². The van der Waals surface area contributed by atoms with Gasteiger partial charge in [0.25, 0.3) is 5.91 Å². The van der Waals surface area contributed by atoms with E-state index in [2.05, 4.69) is 18.2 Å². The van der Waals surface area contributed by atoms with Crippen molar-refractivity contribution in [2.45, 2.75) is 12.8 Å². The fourth-order valence-corrected chi connectivity index (χ4v) is 4.67. The number of nitrogens with zero attached hydrogens (tertiary/aromatic N) is 2. The van der Waals surface area contributed by atoms with Gasteiger partial charge in [0.15, 0.2) is 0 Å². The Hall–Kier alpha value is -3.41. The highest BCUT2D eigenvalue weighted by Gasteiger charge is 2.24. The maximum Gasteiger partial charge on any atom is 0.337 e. The van der Waals surface area contributed by atoms with Crippen LogP contribution in [0.1, 0.15) is 38.3 Å². The van der Waals surface area contributed by atoms with Gasteiger partial charge in [-0.15, -0.1) is 0 Å². The average molecular weight is 477 g/mol. The number of hydrogen-bond acceptors (Lipinski definition) is 4. The zero-order valence-electron chi connectivity index (χ0n) is 17.6. The first kappa shape index (κ1) is 21.4. The largest absolute Gasteiger partial charge is 0.465 e. The summed E-state index contributed by atoms with van der Waals surface area (Å²) in [6.07, 6.45) is 5.97. The quantitative estimate of drug-likeness (QED) is 0.319. The zero-order valence-corrected chi connectivity index (χ0v) is 19.2. The number of methoxy groups -OCH3 is 1. The Morgan fingerprint density at radius 3 is 2.70 bits per heavy atom. The number of allylic oxidation sites excluding steroid dienone is 1. The van der Waals surface area contributed by atoms with E-state index in [4.69, 9.17) is 32.9 Å². The lowest BCUT2D eigenvalue weighted by atomic mass is 9.92. The lowest BCUT2D eigenvalue weighted by Crippen LogP contribution is -2.15. The molecule has 7 heteroatoms. The van der Waals surface area contributed by atoms with Crippen LogP contribution >= 0.6 is 23.2 Å². The monoisotopic (exact) mass is 476 g/mol. The van der Waals surface area contributed by atoms with E-state index in [9.17, 15) is 9.59 Å². The average Bonchev–Trinajstić information content (AvgIpc) is 3.21. The Morgan fingerprint density at radius 2 is 1.91 bits per heavy atom. The van der Waals surface area contributed by atoms with Gasteiger partial charge in [-0.1, -0.05) is 53.6 Å². The first-order valence-electron chi connectivity index (χ1n) is 10.4. The van der Waals surface area contributed by atoms with E-state index in [1.165, 1.54) is 7.11 Å². The Morgan fingerprint density at radius 1 is 1.06 bits per heavy atom. The highest BCUT2D eigenvalue weighted by Crippen LogP contribution is 2.34. The molecule has 4 aromatic rings. The topological polar surface area (TPSA) is 61.2 Å². The van der Waals surface area contributed by atoms with Gasteiger partial charge in [-0.25, -0.2) is 9.78 Å². The van der Waals surface area contributed by atoms with Crippen molar-refractivity contribution in [3.63, 3.8) is 0 Å². The summed E-state index contributed by atoms with van der Waals surface area (Å²) in [4.78, 5) is 30.7. The second-order valence-corrected chi connectivity index (χ2v) is 8.55. The maximum absolute atomic E-state index is 13.8. The van der Waals surface area contributed by atoms with Gasteiger partial charge < -0.3 is 4.74 Å². The first-order valence-corrected chi connectivity index (χ1v) is 11.1. The molecular weight excluding hydrogens is 459 g/mol. The maximum atomic E-state index is 13.8. The van der Waals surface area contributed by atoms with E-state index in [1.54, 1.807) is 41.0 Å². The standard InChI is InChI=1S/C26H18Cl2N2O3/c1-33-26(32)16-9-12-23-22(13-16)29-24(19-8-4-6-15-5-2-3-7-18(15)19)30(23)25(31)20-11-10-17(27)14-21(20)28/h2,4-6,8-14H,3,7H2,1H3. The number of carbonyl (C=O) groups is 2. The van der Waals surface area contributed by atoms with Crippen molar-refractivity contribution in [2.75, 3.05) is 7.11 Å². The van der Waals surface area contributed by atoms with E-state index < -0.39 is 5.97 Å². The highest BCUT2D eigenvalue weighted by molar-refractivity contribution is 6.37. The number of carbonyl (C=O) groups excluding carboxylic acids is 2. The van der Waals surface area contributed by atoms with E-state index >= 15 is 0 Å².